The number of furan rings is 1. The summed E-state index contributed by atoms with van der Waals surface area (Å²) in [6.45, 7) is 1.20. The lowest BCUT2D eigenvalue weighted by Crippen LogP contribution is -2.40. The van der Waals surface area contributed by atoms with Crippen LogP contribution in [0.5, 0.6) is 0 Å². The zero-order valence-electron chi connectivity index (χ0n) is 12.2. The number of anilines is 1. The molecule has 0 saturated heterocycles. The van der Waals surface area contributed by atoms with Crippen LogP contribution in [0.25, 0.3) is 0 Å². The number of amides is 2. The second-order valence-corrected chi connectivity index (χ2v) is 5.02. The molecule has 0 bridgehead atoms. The number of carbonyl (C=O) groups is 1. The van der Waals surface area contributed by atoms with Crippen molar-refractivity contribution in [3.05, 3.63) is 53.5 Å². The summed E-state index contributed by atoms with van der Waals surface area (Å²) >= 11 is 0. The summed E-state index contributed by atoms with van der Waals surface area (Å²) in [7, 11) is 0. The quantitative estimate of drug-likeness (QED) is 0.758. The van der Waals surface area contributed by atoms with Crippen molar-refractivity contribution in [2.24, 2.45) is 0 Å². The molecule has 23 heavy (non-hydrogen) atoms. The average molecular weight is 320 g/mol. The Labute approximate surface area is 131 Å². The molecule has 1 atom stereocenters. The van der Waals surface area contributed by atoms with Gasteiger partial charge in [-0.1, -0.05) is 5.92 Å². The molecule has 2 amide bonds. The molecule has 1 heterocycles. The minimum absolute atomic E-state index is 0.0201. The van der Waals surface area contributed by atoms with E-state index < -0.39 is 29.0 Å². The molecule has 2 rings (SSSR count). The van der Waals surface area contributed by atoms with Crippen LogP contribution in [-0.2, 0) is 5.60 Å². The molecule has 1 aromatic heterocycles. The van der Waals surface area contributed by atoms with Gasteiger partial charge in [0, 0.05) is 5.56 Å². The Morgan fingerprint density at radius 1 is 1.43 bits per heavy atom. The summed E-state index contributed by atoms with van der Waals surface area (Å²) in [6.07, 6.45) is 6.44. The van der Waals surface area contributed by atoms with Gasteiger partial charge in [-0.05, 0) is 31.2 Å². The van der Waals surface area contributed by atoms with Crippen LogP contribution >= 0.6 is 0 Å². The molecule has 3 N–H and O–H groups in total. The van der Waals surface area contributed by atoms with Crippen LogP contribution in [-0.4, -0.2) is 17.7 Å². The highest BCUT2D eigenvalue weighted by atomic mass is 19.1. The maximum atomic E-state index is 13.7. The van der Waals surface area contributed by atoms with Gasteiger partial charge in [0.15, 0.2) is 11.6 Å². The lowest BCUT2D eigenvalue weighted by molar-refractivity contribution is 0.0372. The molecule has 5 nitrogen and oxygen atoms in total. The SMILES string of the molecule is C#Cc1cc(F)c(NC(=O)NCC(C)(O)c2ccco2)c(F)c1. The fourth-order valence-corrected chi connectivity index (χ4v) is 1.86. The summed E-state index contributed by atoms with van der Waals surface area (Å²) in [5, 5.41) is 14.5. The second-order valence-electron chi connectivity index (χ2n) is 5.02. The maximum absolute atomic E-state index is 13.7. The second kappa shape index (κ2) is 6.50. The van der Waals surface area contributed by atoms with E-state index in [9.17, 15) is 18.7 Å². The average Bonchev–Trinajstić information content (AvgIpc) is 3.04. The van der Waals surface area contributed by atoms with Gasteiger partial charge in [0.05, 0.1) is 12.8 Å². The van der Waals surface area contributed by atoms with Crippen molar-refractivity contribution in [3.8, 4) is 12.3 Å². The van der Waals surface area contributed by atoms with Gasteiger partial charge in [0.1, 0.15) is 17.0 Å². The number of nitrogens with one attached hydrogen (secondary N) is 2. The number of hydrogen-bond donors (Lipinski definition) is 3. The Morgan fingerprint density at radius 2 is 2.09 bits per heavy atom. The Balaban J connectivity index is 2.02. The van der Waals surface area contributed by atoms with E-state index in [0.717, 1.165) is 12.1 Å². The van der Waals surface area contributed by atoms with Crippen LogP contribution in [0.4, 0.5) is 19.3 Å². The van der Waals surface area contributed by atoms with Crippen molar-refractivity contribution in [2.75, 3.05) is 11.9 Å². The Bertz CT molecular complexity index is 726. The van der Waals surface area contributed by atoms with Crippen LogP contribution in [0.2, 0.25) is 0 Å². The highest BCUT2D eigenvalue weighted by Gasteiger charge is 2.27. The molecule has 2 aromatic rings. The fourth-order valence-electron chi connectivity index (χ4n) is 1.86. The summed E-state index contributed by atoms with van der Waals surface area (Å²) < 4.78 is 32.5. The number of halogens is 2. The molecule has 0 fully saturated rings. The Hall–Kier alpha value is -2.85. The summed E-state index contributed by atoms with van der Waals surface area (Å²) in [5.41, 5.74) is -2.07. The number of carbonyl (C=O) groups excluding carboxylic acids is 1. The first-order valence-electron chi connectivity index (χ1n) is 6.60. The van der Waals surface area contributed by atoms with Gasteiger partial charge in [-0.2, -0.15) is 0 Å². The number of rotatable bonds is 4. The zero-order chi connectivity index (χ0) is 17.0. The molecule has 0 aliphatic carbocycles. The van der Waals surface area contributed by atoms with E-state index in [1.165, 1.54) is 19.3 Å². The van der Waals surface area contributed by atoms with Gasteiger partial charge < -0.3 is 20.2 Å². The van der Waals surface area contributed by atoms with Crippen molar-refractivity contribution in [1.82, 2.24) is 5.32 Å². The number of aliphatic hydroxyl groups is 1. The number of benzene rings is 1. The van der Waals surface area contributed by atoms with Crippen LogP contribution in [0.15, 0.2) is 34.9 Å². The largest absolute Gasteiger partial charge is 0.466 e. The van der Waals surface area contributed by atoms with Gasteiger partial charge in [-0.15, -0.1) is 6.42 Å². The molecular weight excluding hydrogens is 306 g/mol. The van der Waals surface area contributed by atoms with Crippen LogP contribution in [0.1, 0.15) is 18.2 Å². The normalized spacial score (nSPS) is 13.0. The number of urea groups is 1. The lowest BCUT2D eigenvalue weighted by atomic mass is 10.0. The first-order chi connectivity index (χ1) is 10.8. The van der Waals surface area contributed by atoms with E-state index in [-0.39, 0.29) is 17.9 Å². The number of terminal acetylenes is 1. The predicted molar refractivity (Wildman–Crippen MR) is 79.6 cm³/mol. The predicted octanol–water partition coefficient (Wildman–Crippen LogP) is 2.57. The lowest BCUT2D eigenvalue weighted by Gasteiger charge is -2.21. The van der Waals surface area contributed by atoms with Crippen LogP contribution in [0, 0.1) is 24.0 Å². The van der Waals surface area contributed by atoms with Gasteiger partial charge in [-0.25, -0.2) is 13.6 Å². The van der Waals surface area contributed by atoms with Crippen LogP contribution < -0.4 is 10.6 Å². The van der Waals surface area contributed by atoms with Gasteiger partial charge in [0.25, 0.3) is 0 Å². The third kappa shape index (κ3) is 3.87. The topological polar surface area (TPSA) is 74.5 Å². The summed E-state index contributed by atoms with van der Waals surface area (Å²) in [5.74, 6) is 0.353. The molecule has 0 aliphatic heterocycles. The molecular formula is C16H14F2N2O3. The molecule has 0 radical (unpaired) electrons. The highest BCUT2D eigenvalue weighted by molar-refractivity contribution is 5.89. The van der Waals surface area contributed by atoms with Gasteiger partial charge in [-0.3, -0.25) is 0 Å². The minimum atomic E-state index is -1.47. The summed E-state index contributed by atoms with van der Waals surface area (Å²) in [4.78, 5) is 11.8. The van der Waals surface area contributed by atoms with Crippen molar-refractivity contribution in [2.45, 2.75) is 12.5 Å². The highest BCUT2D eigenvalue weighted by Crippen LogP contribution is 2.21. The van der Waals surface area contributed by atoms with E-state index >= 15 is 0 Å². The van der Waals surface area contributed by atoms with Crippen molar-refractivity contribution in [1.29, 1.82) is 0 Å². The molecule has 1 unspecified atom stereocenters. The third-order valence-corrected chi connectivity index (χ3v) is 3.09. The van der Waals surface area contributed by atoms with E-state index in [0.29, 0.717) is 0 Å². The minimum Gasteiger partial charge on any atom is -0.466 e. The molecule has 0 spiro atoms. The Morgan fingerprint density at radius 3 is 2.61 bits per heavy atom. The standard InChI is InChI=1S/C16H14F2N2O3/c1-3-10-7-11(17)14(12(18)8-10)20-15(21)19-9-16(2,22)13-5-4-6-23-13/h1,4-8,22H,9H2,2H3,(H2,19,20,21). The van der Waals surface area contributed by atoms with Gasteiger partial charge in [0.2, 0.25) is 0 Å². The van der Waals surface area contributed by atoms with E-state index in [1.807, 2.05) is 5.32 Å². The molecule has 0 saturated carbocycles. The maximum Gasteiger partial charge on any atom is 0.319 e. The fraction of sp³-hybridized carbons (Fsp3) is 0.188. The first kappa shape index (κ1) is 16.5. The molecule has 0 aliphatic rings. The molecule has 120 valence electrons. The molecule has 1 aromatic carbocycles. The third-order valence-electron chi connectivity index (χ3n) is 3.09. The van der Waals surface area contributed by atoms with E-state index in [4.69, 9.17) is 10.8 Å². The van der Waals surface area contributed by atoms with Gasteiger partial charge >= 0.3 is 6.03 Å². The van der Waals surface area contributed by atoms with E-state index in [2.05, 4.69) is 11.2 Å². The summed E-state index contributed by atoms with van der Waals surface area (Å²) in [6, 6.07) is 4.09. The monoisotopic (exact) mass is 320 g/mol. The van der Waals surface area contributed by atoms with Crippen molar-refractivity contribution in [3.63, 3.8) is 0 Å². The van der Waals surface area contributed by atoms with Crippen LogP contribution in [0.3, 0.4) is 0 Å². The smallest absolute Gasteiger partial charge is 0.319 e. The first-order valence-corrected chi connectivity index (χ1v) is 6.60. The van der Waals surface area contributed by atoms with Crippen molar-refractivity contribution < 1.29 is 23.1 Å². The van der Waals surface area contributed by atoms with Crippen molar-refractivity contribution >= 4 is 11.7 Å². The Kier molecular flexibility index (Phi) is 4.67. The van der Waals surface area contributed by atoms with E-state index in [1.54, 1.807) is 6.07 Å². The number of hydrogen-bond acceptors (Lipinski definition) is 3. The molecule has 7 heteroatoms. The zero-order valence-corrected chi connectivity index (χ0v) is 12.2.